The van der Waals surface area contributed by atoms with Crippen LogP contribution in [0.4, 0.5) is 0 Å². The average molecular weight is 341 g/mol. The predicted octanol–water partition coefficient (Wildman–Crippen LogP) is 4.73. The number of carbonyl (C=O) groups is 1. The Kier molecular flexibility index (Phi) is 5.52. The largest absolute Gasteiger partial charge is 0.479 e. The molecule has 0 N–H and O–H groups in total. The van der Waals surface area contributed by atoms with Gasteiger partial charge in [0.15, 0.2) is 6.10 Å². The van der Waals surface area contributed by atoms with Gasteiger partial charge >= 0.3 is 5.97 Å². The lowest BCUT2D eigenvalue weighted by molar-refractivity contribution is -0.147. The molecule has 1 unspecified atom stereocenters. The zero-order valence-electron chi connectivity index (χ0n) is 12.0. The minimum atomic E-state index is -0.681. The van der Waals surface area contributed by atoms with Gasteiger partial charge in [0.25, 0.3) is 0 Å². The number of methoxy groups -OCH3 is 1. The highest BCUT2D eigenvalue weighted by Gasteiger charge is 2.14. The summed E-state index contributed by atoms with van der Waals surface area (Å²) in [5.74, 6) is 1.13. The van der Waals surface area contributed by atoms with E-state index in [1.807, 2.05) is 0 Å². The van der Waals surface area contributed by atoms with Crippen LogP contribution in [0, 0.1) is 0 Å². The Morgan fingerprint density at radius 1 is 1.05 bits per heavy atom. The maximum atomic E-state index is 11.3. The van der Waals surface area contributed by atoms with Crippen LogP contribution >= 0.6 is 23.2 Å². The first-order valence-electron chi connectivity index (χ1n) is 6.47. The normalized spacial score (nSPS) is 11.6. The minimum absolute atomic E-state index is 0.439. The molecule has 0 aromatic heterocycles. The van der Waals surface area contributed by atoms with Gasteiger partial charge in [-0.3, -0.25) is 0 Å². The fraction of sp³-hybridized carbons (Fsp3) is 0.188. The number of benzene rings is 2. The molecule has 0 fully saturated rings. The summed E-state index contributed by atoms with van der Waals surface area (Å²) in [6.07, 6.45) is -0.681. The second kappa shape index (κ2) is 7.38. The molecule has 4 nitrogen and oxygen atoms in total. The van der Waals surface area contributed by atoms with Gasteiger partial charge in [-0.25, -0.2) is 4.79 Å². The van der Waals surface area contributed by atoms with Crippen LogP contribution in [0.15, 0.2) is 42.5 Å². The van der Waals surface area contributed by atoms with E-state index in [1.54, 1.807) is 49.4 Å². The molecule has 0 bridgehead atoms. The van der Waals surface area contributed by atoms with Gasteiger partial charge in [0, 0.05) is 11.1 Å². The summed E-state index contributed by atoms with van der Waals surface area (Å²) in [4.78, 5) is 11.3. The van der Waals surface area contributed by atoms with Gasteiger partial charge in [-0.2, -0.15) is 0 Å². The number of esters is 1. The minimum Gasteiger partial charge on any atom is -0.479 e. The van der Waals surface area contributed by atoms with Gasteiger partial charge in [-0.15, -0.1) is 0 Å². The maximum Gasteiger partial charge on any atom is 0.346 e. The van der Waals surface area contributed by atoms with Gasteiger partial charge in [0.05, 0.1) is 12.1 Å². The third-order valence-corrected chi connectivity index (χ3v) is 3.34. The summed E-state index contributed by atoms with van der Waals surface area (Å²) >= 11 is 11.9. The molecule has 0 saturated heterocycles. The second-order valence-electron chi connectivity index (χ2n) is 4.43. The standard InChI is InChI=1S/C16H14Cl2O4/c1-10(16(19)20-2)21-12-4-6-13(7-5-12)22-15-9-11(17)3-8-14(15)18/h3-10H,1-2H3. The van der Waals surface area contributed by atoms with Crippen molar-refractivity contribution in [1.82, 2.24) is 0 Å². The highest BCUT2D eigenvalue weighted by Crippen LogP contribution is 2.32. The molecular weight excluding hydrogens is 327 g/mol. The molecule has 0 aliphatic rings. The number of hydrogen-bond donors (Lipinski definition) is 0. The van der Waals surface area contributed by atoms with E-state index in [4.69, 9.17) is 32.7 Å². The van der Waals surface area contributed by atoms with E-state index in [2.05, 4.69) is 4.74 Å². The van der Waals surface area contributed by atoms with Crippen LogP contribution in [0.2, 0.25) is 10.0 Å². The van der Waals surface area contributed by atoms with Crippen molar-refractivity contribution in [2.24, 2.45) is 0 Å². The molecule has 22 heavy (non-hydrogen) atoms. The van der Waals surface area contributed by atoms with Crippen molar-refractivity contribution in [3.05, 3.63) is 52.5 Å². The van der Waals surface area contributed by atoms with E-state index in [0.29, 0.717) is 27.3 Å². The summed E-state index contributed by atoms with van der Waals surface area (Å²) in [6, 6.07) is 11.8. The van der Waals surface area contributed by atoms with Gasteiger partial charge in [-0.05, 0) is 43.3 Å². The topological polar surface area (TPSA) is 44.8 Å². The zero-order chi connectivity index (χ0) is 16.1. The van der Waals surface area contributed by atoms with Crippen LogP contribution in [0.1, 0.15) is 6.92 Å². The van der Waals surface area contributed by atoms with Gasteiger partial charge in [0.1, 0.15) is 17.2 Å². The summed E-state index contributed by atoms with van der Waals surface area (Å²) in [5.41, 5.74) is 0. The quantitative estimate of drug-likeness (QED) is 0.738. The Balaban J connectivity index is 2.06. The first-order chi connectivity index (χ1) is 10.5. The summed E-state index contributed by atoms with van der Waals surface area (Å²) < 4.78 is 15.7. The van der Waals surface area contributed by atoms with Crippen LogP contribution < -0.4 is 9.47 Å². The Hall–Kier alpha value is -1.91. The fourth-order valence-corrected chi connectivity index (χ4v) is 2.01. The van der Waals surface area contributed by atoms with Crippen LogP contribution in [0.3, 0.4) is 0 Å². The van der Waals surface area contributed by atoms with Gasteiger partial charge in [-0.1, -0.05) is 23.2 Å². The highest BCUT2D eigenvalue weighted by molar-refractivity contribution is 6.34. The first kappa shape index (κ1) is 16.5. The molecule has 0 aliphatic carbocycles. The zero-order valence-corrected chi connectivity index (χ0v) is 13.5. The monoisotopic (exact) mass is 340 g/mol. The predicted molar refractivity (Wildman–Crippen MR) is 85.1 cm³/mol. The molecule has 0 heterocycles. The van der Waals surface area contributed by atoms with Crippen LogP contribution in [-0.4, -0.2) is 19.2 Å². The lowest BCUT2D eigenvalue weighted by atomic mass is 10.3. The van der Waals surface area contributed by atoms with Crippen molar-refractivity contribution < 1.29 is 19.0 Å². The van der Waals surface area contributed by atoms with E-state index in [1.165, 1.54) is 7.11 Å². The molecule has 0 saturated carbocycles. The third-order valence-electron chi connectivity index (χ3n) is 2.79. The summed E-state index contributed by atoms with van der Waals surface area (Å²) in [6.45, 7) is 1.61. The van der Waals surface area contributed by atoms with Crippen molar-refractivity contribution in [3.63, 3.8) is 0 Å². The molecule has 6 heteroatoms. The lowest BCUT2D eigenvalue weighted by Gasteiger charge is -2.13. The van der Waals surface area contributed by atoms with Crippen molar-refractivity contribution >= 4 is 29.2 Å². The maximum absolute atomic E-state index is 11.3. The van der Waals surface area contributed by atoms with Crippen LogP contribution in [0.5, 0.6) is 17.2 Å². The van der Waals surface area contributed by atoms with E-state index in [0.717, 1.165) is 0 Å². The Labute approximate surface area is 138 Å². The smallest absolute Gasteiger partial charge is 0.346 e. The Morgan fingerprint density at radius 2 is 1.68 bits per heavy atom. The van der Waals surface area contributed by atoms with E-state index >= 15 is 0 Å². The molecule has 2 aromatic rings. The summed E-state index contributed by atoms with van der Waals surface area (Å²) in [7, 11) is 1.31. The number of ether oxygens (including phenoxy) is 3. The molecular formula is C16H14Cl2O4. The molecule has 0 radical (unpaired) electrons. The van der Waals surface area contributed by atoms with Crippen LogP contribution in [0.25, 0.3) is 0 Å². The molecule has 0 amide bonds. The second-order valence-corrected chi connectivity index (χ2v) is 5.28. The highest BCUT2D eigenvalue weighted by atomic mass is 35.5. The number of halogens is 2. The summed E-state index contributed by atoms with van der Waals surface area (Å²) in [5, 5.41) is 0.996. The third kappa shape index (κ3) is 4.29. The van der Waals surface area contributed by atoms with E-state index in [9.17, 15) is 4.79 Å². The lowest BCUT2D eigenvalue weighted by Crippen LogP contribution is -2.24. The average Bonchev–Trinajstić information content (AvgIpc) is 2.52. The molecule has 0 aliphatic heterocycles. The SMILES string of the molecule is COC(=O)C(C)Oc1ccc(Oc2cc(Cl)ccc2Cl)cc1. The fourth-order valence-electron chi connectivity index (χ4n) is 1.69. The van der Waals surface area contributed by atoms with Gasteiger partial charge < -0.3 is 14.2 Å². The Bertz CT molecular complexity index is 656. The molecule has 0 spiro atoms. The van der Waals surface area contributed by atoms with Crippen molar-refractivity contribution in [3.8, 4) is 17.2 Å². The van der Waals surface area contributed by atoms with Crippen molar-refractivity contribution in [2.75, 3.05) is 7.11 Å². The van der Waals surface area contributed by atoms with Crippen LogP contribution in [-0.2, 0) is 9.53 Å². The molecule has 2 rings (SSSR count). The number of carbonyl (C=O) groups excluding carboxylic acids is 1. The first-order valence-corrected chi connectivity index (χ1v) is 7.22. The number of rotatable bonds is 5. The molecule has 2 aromatic carbocycles. The number of hydrogen-bond acceptors (Lipinski definition) is 4. The van der Waals surface area contributed by atoms with Crippen molar-refractivity contribution in [2.45, 2.75) is 13.0 Å². The Morgan fingerprint density at radius 3 is 2.32 bits per heavy atom. The molecule has 116 valence electrons. The van der Waals surface area contributed by atoms with E-state index in [-0.39, 0.29) is 0 Å². The van der Waals surface area contributed by atoms with E-state index < -0.39 is 12.1 Å². The van der Waals surface area contributed by atoms with Crippen molar-refractivity contribution in [1.29, 1.82) is 0 Å². The van der Waals surface area contributed by atoms with Gasteiger partial charge in [0.2, 0.25) is 0 Å². The molecule has 1 atom stereocenters.